The highest BCUT2D eigenvalue weighted by atomic mass is 35.5. The molecule has 6 heteroatoms. The summed E-state index contributed by atoms with van der Waals surface area (Å²) in [5, 5.41) is 3.34. The van der Waals surface area contributed by atoms with Crippen molar-refractivity contribution in [3.63, 3.8) is 0 Å². The minimum atomic E-state index is -0.743. The Balaban J connectivity index is 1.80. The molecule has 1 aliphatic heterocycles. The molecule has 1 N–H and O–H groups in total. The molecular formula is C22H25ClN2O3. The minimum absolute atomic E-state index is 0.242. The van der Waals surface area contributed by atoms with E-state index in [4.69, 9.17) is 16.3 Å². The lowest BCUT2D eigenvalue weighted by molar-refractivity contribution is -0.158. The Labute approximate surface area is 170 Å². The molecule has 0 saturated carbocycles. The molecule has 1 aliphatic rings. The van der Waals surface area contributed by atoms with Crippen molar-refractivity contribution >= 4 is 29.3 Å². The highest BCUT2D eigenvalue weighted by Crippen LogP contribution is 2.36. The van der Waals surface area contributed by atoms with Crippen molar-refractivity contribution in [2.24, 2.45) is 5.41 Å². The van der Waals surface area contributed by atoms with E-state index in [0.717, 1.165) is 12.0 Å². The molecule has 0 aromatic heterocycles. The number of carbonyl (C=O) groups excluding carboxylic acids is 2. The highest BCUT2D eigenvalue weighted by Gasteiger charge is 2.44. The second-order valence-corrected chi connectivity index (χ2v) is 7.51. The fourth-order valence-corrected chi connectivity index (χ4v) is 3.90. The Bertz CT molecular complexity index is 828. The zero-order valence-electron chi connectivity index (χ0n) is 16.0. The highest BCUT2D eigenvalue weighted by molar-refractivity contribution is 6.33. The predicted molar refractivity (Wildman–Crippen MR) is 110 cm³/mol. The zero-order chi connectivity index (χ0) is 20.0. The summed E-state index contributed by atoms with van der Waals surface area (Å²) in [6, 6.07) is 16.7. The number of hydrogen-bond acceptors (Lipinski definition) is 3. The summed E-state index contributed by atoms with van der Waals surface area (Å²) < 4.78 is 5.40. The van der Waals surface area contributed by atoms with Crippen LogP contribution in [0.1, 0.15) is 25.3 Å². The lowest BCUT2D eigenvalue weighted by Gasteiger charge is -2.41. The van der Waals surface area contributed by atoms with Gasteiger partial charge < -0.3 is 15.0 Å². The van der Waals surface area contributed by atoms with Crippen molar-refractivity contribution in [1.29, 1.82) is 0 Å². The van der Waals surface area contributed by atoms with E-state index in [0.29, 0.717) is 43.2 Å². The van der Waals surface area contributed by atoms with Crippen LogP contribution in [0.4, 0.5) is 10.5 Å². The number of nitrogens with zero attached hydrogens (tertiary/aromatic N) is 1. The third-order valence-electron chi connectivity index (χ3n) is 5.07. The summed E-state index contributed by atoms with van der Waals surface area (Å²) in [6.45, 7) is 3.03. The summed E-state index contributed by atoms with van der Waals surface area (Å²) in [6.07, 6.45) is 1.97. The molecule has 148 valence electrons. The van der Waals surface area contributed by atoms with Crippen molar-refractivity contribution in [3.8, 4) is 0 Å². The van der Waals surface area contributed by atoms with Crippen molar-refractivity contribution in [2.45, 2.75) is 26.2 Å². The number of ether oxygens (including phenoxy) is 1. The van der Waals surface area contributed by atoms with Gasteiger partial charge in [0.05, 0.1) is 22.7 Å². The third-order valence-corrected chi connectivity index (χ3v) is 5.40. The van der Waals surface area contributed by atoms with Crippen molar-refractivity contribution in [2.75, 3.05) is 25.0 Å². The van der Waals surface area contributed by atoms with Gasteiger partial charge >= 0.3 is 12.0 Å². The van der Waals surface area contributed by atoms with Crippen molar-refractivity contribution in [1.82, 2.24) is 4.90 Å². The Morgan fingerprint density at radius 2 is 1.86 bits per heavy atom. The van der Waals surface area contributed by atoms with Crippen LogP contribution in [0.3, 0.4) is 0 Å². The first-order chi connectivity index (χ1) is 13.5. The molecule has 1 heterocycles. The van der Waals surface area contributed by atoms with Crippen molar-refractivity contribution < 1.29 is 14.3 Å². The van der Waals surface area contributed by atoms with Crippen LogP contribution in [-0.2, 0) is 16.0 Å². The molecule has 1 atom stereocenters. The van der Waals surface area contributed by atoms with E-state index in [1.165, 1.54) is 0 Å². The number of anilines is 1. The van der Waals surface area contributed by atoms with E-state index in [9.17, 15) is 9.59 Å². The largest absolute Gasteiger partial charge is 0.466 e. The number of likely N-dealkylation sites (tertiary alicyclic amines) is 1. The topological polar surface area (TPSA) is 58.6 Å². The lowest BCUT2D eigenvalue weighted by atomic mass is 9.75. The summed E-state index contributed by atoms with van der Waals surface area (Å²) in [5.41, 5.74) is 0.876. The molecular weight excluding hydrogens is 376 g/mol. The van der Waals surface area contributed by atoms with Crippen LogP contribution < -0.4 is 5.32 Å². The third kappa shape index (κ3) is 4.65. The Morgan fingerprint density at radius 3 is 2.57 bits per heavy atom. The van der Waals surface area contributed by atoms with Gasteiger partial charge in [-0.15, -0.1) is 0 Å². The fraction of sp³-hybridized carbons (Fsp3) is 0.364. The van der Waals surface area contributed by atoms with Crippen LogP contribution in [0.15, 0.2) is 54.6 Å². The van der Waals surface area contributed by atoms with E-state index in [1.807, 2.05) is 42.5 Å². The maximum Gasteiger partial charge on any atom is 0.321 e. The number of benzene rings is 2. The number of urea groups is 1. The summed E-state index contributed by atoms with van der Waals surface area (Å²) in [7, 11) is 0. The van der Waals surface area contributed by atoms with Gasteiger partial charge in [0.2, 0.25) is 0 Å². The number of para-hydroxylation sites is 1. The number of halogens is 1. The number of esters is 1. The molecule has 2 amide bonds. The van der Waals surface area contributed by atoms with Crippen LogP contribution in [0.5, 0.6) is 0 Å². The van der Waals surface area contributed by atoms with Gasteiger partial charge in [-0.2, -0.15) is 0 Å². The van der Waals surface area contributed by atoms with Crippen molar-refractivity contribution in [3.05, 3.63) is 65.2 Å². The quantitative estimate of drug-likeness (QED) is 0.736. The lowest BCUT2D eigenvalue weighted by Crippen LogP contribution is -2.52. The second kappa shape index (κ2) is 9.11. The second-order valence-electron chi connectivity index (χ2n) is 7.10. The van der Waals surface area contributed by atoms with Crippen LogP contribution in [-0.4, -0.2) is 36.6 Å². The molecule has 0 spiro atoms. The van der Waals surface area contributed by atoms with Gasteiger partial charge in [0.15, 0.2) is 0 Å². The van der Waals surface area contributed by atoms with Crippen LogP contribution in [0.25, 0.3) is 0 Å². The smallest absolute Gasteiger partial charge is 0.321 e. The first-order valence-corrected chi connectivity index (χ1v) is 9.93. The number of rotatable bonds is 5. The molecule has 2 aromatic carbocycles. The SMILES string of the molecule is CCOC(=O)C1(Cc2ccccc2)CCCN(C(=O)Nc2ccccc2Cl)C1. The van der Waals surface area contributed by atoms with Gasteiger partial charge in [-0.3, -0.25) is 4.79 Å². The van der Waals surface area contributed by atoms with Gasteiger partial charge in [0.25, 0.3) is 0 Å². The van der Waals surface area contributed by atoms with Gasteiger partial charge in [0.1, 0.15) is 0 Å². The predicted octanol–water partition coefficient (Wildman–Crippen LogP) is 4.76. The van der Waals surface area contributed by atoms with Crippen LogP contribution >= 0.6 is 11.6 Å². The molecule has 1 saturated heterocycles. The minimum Gasteiger partial charge on any atom is -0.466 e. The summed E-state index contributed by atoms with van der Waals surface area (Å²) in [5.74, 6) is -0.242. The number of carbonyl (C=O) groups is 2. The molecule has 3 rings (SSSR count). The molecule has 1 fully saturated rings. The monoisotopic (exact) mass is 400 g/mol. The molecule has 0 aliphatic carbocycles. The number of nitrogens with one attached hydrogen (secondary N) is 1. The van der Waals surface area contributed by atoms with Gasteiger partial charge in [-0.25, -0.2) is 4.79 Å². The van der Waals surface area contributed by atoms with Crippen LogP contribution in [0.2, 0.25) is 5.02 Å². The normalized spacial score (nSPS) is 19.1. The van der Waals surface area contributed by atoms with E-state index < -0.39 is 5.41 Å². The molecule has 2 aromatic rings. The Morgan fingerprint density at radius 1 is 1.14 bits per heavy atom. The molecule has 5 nitrogen and oxygen atoms in total. The molecule has 0 radical (unpaired) electrons. The maximum atomic E-state index is 12.9. The molecule has 28 heavy (non-hydrogen) atoms. The fourth-order valence-electron chi connectivity index (χ4n) is 3.72. The molecule has 0 bridgehead atoms. The summed E-state index contributed by atoms with van der Waals surface area (Å²) >= 11 is 6.15. The van der Waals surface area contributed by atoms with Crippen LogP contribution in [0, 0.1) is 5.41 Å². The van der Waals surface area contributed by atoms with E-state index in [1.54, 1.807) is 24.0 Å². The standard InChI is InChI=1S/C22H25ClN2O3/c1-2-28-20(26)22(15-17-9-4-3-5-10-17)13-8-14-25(16-22)21(27)24-19-12-7-6-11-18(19)23/h3-7,9-12H,2,8,13-16H2,1H3,(H,24,27). The first kappa shape index (κ1) is 20.2. The van der Waals surface area contributed by atoms with E-state index >= 15 is 0 Å². The Kier molecular flexibility index (Phi) is 6.57. The van der Waals surface area contributed by atoms with E-state index in [2.05, 4.69) is 5.32 Å². The number of amides is 2. The average molecular weight is 401 g/mol. The van der Waals surface area contributed by atoms with Gasteiger partial charge in [-0.05, 0) is 43.9 Å². The first-order valence-electron chi connectivity index (χ1n) is 9.56. The Hall–Kier alpha value is -2.53. The number of hydrogen-bond donors (Lipinski definition) is 1. The average Bonchev–Trinajstić information content (AvgIpc) is 2.71. The summed E-state index contributed by atoms with van der Waals surface area (Å²) in [4.78, 5) is 27.4. The van der Waals surface area contributed by atoms with Gasteiger partial charge in [-0.1, -0.05) is 54.1 Å². The zero-order valence-corrected chi connectivity index (χ0v) is 16.7. The molecule has 1 unspecified atom stereocenters. The maximum absolute atomic E-state index is 12.9. The van der Waals surface area contributed by atoms with Gasteiger partial charge in [0, 0.05) is 13.1 Å². The van der Waals surface area contributed by atoms with E-state index in [-0.39, 0.29) is 12.0 Å². The number of piperidine rings is 1.